The van der Waals surface area contributed by atoms with Crippen LogP contribution in [0.5, 0.6) is 0 Å². The summed E-state index contributed by atoms with van der Waals surface area (Å²) in [6.45, 7) is 4.46. The second-order valence-corrected chi connectivity index (χ2v) is 8.31. The van der Waals surface area contributed by atoms with Crippen molar-refractivity contribution >= 4 is 21.7 Å². The SMILES string of the molecule is CC(C)[C@](C)(C#N)NC(=O)COC(=O)CCS(=O)(=O)c1ccc(F)cc1. The minimum atomic E-state index is -3.77. The predicted octanol–water partition coefficient (Wildman–Crippen LogP) is 1.59. The summed E-state index contributed by atoms with van der Waals surface area (Å²) in [5.74, 6) is -2.78. The molecule has 1 amide bonds. The van der Waals surface area contributed by atoms with Crippen LogP contribution in [0.4, 0.5) is 4.39 Å². The van der Waals surface area contributed by atoms with E-state index in [1.165, 1.54) is 0 Å². The molecular weight excluding hydrogens is 363 g/mol. The Morgan fingerprint density at radius 3 is 2.38 bits per heavy atom. The minimum absolute atomic E-state index is 0.105. The summed E-state index contributed by atoms with van der Waals surface area (Å²) in [6, 6.07) is 6.22. The van der Waals surface area contributed by atoms with Crippen LogP contribution in [0.1, 0.15) is 27.2 Å². The monoisotopic (exact) mass is 384 g/mol. The van der Waals surface area contributed by atoms with Crippen LogP contribution >= 0.6 is 0 Å². The van der Waals surface area contributed by atoms with Gasteiger partial charge in [-0.15, -0.1) is 0 Å². The number of esters is 1. The highest BCUT2D eigenvalue weighted by molar-refractivity contribution is 7.91. The van der Waals surface area contributed by atoms with Crippen molar-refractivity contribution in [3.63, 3.8) is 0 Å². The van der Waals surface area contributed by atoms with Crippen LogP contribution < -0.4 is 5.32 Å². The summed E-state index contributed by atoms with van der Waals surface area (Å²) in [5, 5.41) is 11.6. The number of amides is 1. The molecule has 0 spiro atoms. The van der Waals surface area contributed by atoms with Gasteiger partial charge in [0.05, 0.1) is 23.1 Å². The normalized spacial score (nSPS) is 13.5. The lowest BCUT2D eigenvalue weighted by Gasteiger charge is -2.27. The fraction of sp³-hybridized carbons (Fsp3) is 0.471. The van der Waals surface area contributed by atoms with Gasteiger partial charge < -0.3 is 10.1 Å². The maximum atomic E-state index is 12.8. The standard InChI is InChI=1S/C17H21FN2O5S/c1-12(2)17(3,11-19)20-15(21)10-25-16(22)8-9-26(23,24)14-6-4-13(18)5-7-14/h4-7,12H,8-10H2,1-3H3,(H,20,21)/t17-/m0/s1. The highest BCUT2D eigenvalue weighted by Gasteiger charge is 2.30. The molecule has 9 heteroatoms. The van der Waals surface area contributed by atoms with Gasteiger partial charge in [0, 0.05) is 0 Å². The number of halogens is 1. The Labute approximate surface area is 152 Å². The lowest BCUT2D eigenvalue weighted by Crippen LogP contribution is -2.50. The fourth-order valence-electron chi connectivity index (χ4n) is 1.82. The second-order valence-electron chi connectivity index (χ2n) is 6.20. The third-order valence-corrected chi connectivity index (χ3v) is 5.63. The summed E-state index contributed by atoms with van der Waals surface area (Å²) in [7, 11) is -3.77. The number of carbonyl (C=O) groups excluding carboxylic acids is 2. The van der Waals surface area contributed by atoms with E-state index in [9.17, 15) is 22.4 Å². The van der Waals surface area contributed by atoms with Crippen LogP contribution in [0.2, 0.25) is 0 Å². The number of rotatable bonds is 8. The third-order valence-electron chi connectivity index (χ3n) is 3.90. The van der Waals surface area contributed by atoms with Crippen molar-refractivity contribution < 1.29 is 27.1 Å². The molecule has 142 valence electrons. The number of nitrogens with zero attached hydrogens (tertiary/aromatic N) is 1. The molecule has 0 aromatic heterocycles. The number of carbonyl (C=O) groups is 2. The van der Waals surface area contributed by atoms with Gasteiger partial charge in [0.1, 0.15) is 11.4 Å². The molecule has 0 unspecified atom stereocenters. The van der Waals surface area contributed by atoms with Crippen molar-refractivity contribution in [1.82, 2.24) is 5.32 Å². The molecule has 0 bridgehead atoms. The summed E-state index contributed by atoms with van der Waals surface area (Å²) in [4.78, 5) is 23.3. The molecule has 0 aliphatic rings. The van der Waals surface area contributed by atoms with Crippen LogP contribution in [0.15, 0.2) is 29.2 Å². The topological polar surface area (TPSA) is 113 Å². The van der Waals surface area contributed by atoms with Gasteiger partial charge in [-0.1, -0.05) is 13.8 Å². The quantitative estimate of drug-likeness (QED) is 0.538. The van der Waals surface area contributed by atoms with Gasteiger partial charge in [0.2, 0.25) is 0 Å². The van der Waals surface area contributed by atoms with Crippen molar-refractivity contribution in [2.75, 3.05) is 12.4 Å². The molecule has 0 aliphatic heterocycles. The maximum absolute atomic E-state index is 12.8. The zero-order chi connectivity index (χ0) is 20.0. The van der Waals surface area contributed by atoms with E-state index in [0.29, 0.717) is 0 Å². The van der Waals surface area contributed by atoms with Crippen molar-refractivity contribution in [2.45, 2.75) is 37.6 Å². The van der Waals surface area contributed by atoms with Crippen LogP contribution in [0, 0.1) is 23.1 Å². The average molecular weight is 384 g/mol. The highest BCUT2D eigenvalue weighted by atomic mass is 32.2. The molecule has 1 rings (SSSR count). The number of benzene rings is 1. The van der Waals surface area contributed by atoms with Gasteiger partial charge in [0.25, 0.3) is 5.91 Å². The molecule has 7 nitrogen and oxygen atoms in total. The van der Waals surface area contributed by atoms with Gasteiger partial charge in [-0.05, 0) is 37.1 Å². The Kier molecular flexibility index (Phi) is 7.27. The Hall–Kier alpha value is -2.47. The highest BCUT2D eigenvalue weighted by Crippen LogP contribution is 2.15. The number of hydrogen-bond acceptors (Lipinski definition) is 6. The molecule has 0 heterocycles. The first-order valence-electron chi connectivity index (χ1n) is 7.86. The lowest BCUT2D eigenvalue weighted by atomic mass is 9.90. The van der Waals surface area contributed by atoms with E-state index >= 15 is 0 Å². The number of sulfone groups is 1. The van der Waals surface area contributed by atoms with Gasteiger partial charge >= 0.3 is 5.97 Å². The Balaban J connectivity index is 2.51. The molecule has 1 atom stereocenters. The number of nitriles is 1. The Morgan fingerprint density at radius 1 is 1.31 bits per heavy atom. The van der Waals surface area contributed by atoms with Crippen LogP contribution in [0.3, 0.4) is 0 Å². The zero-order valence-corrected chi connectivity index (χ0v) is 15.6. The van der Waals surface area contributed by atoms with Gasteiger partial charge in [-0.2, -0.15) is 5.26 Å². The van der Waals surface area contributed by atoms with E-state index in [-0.39, 0.29) is 10.8 Å². The summed E-state index contributed by atoms with van der Waals surface area (Å²) in [6.07, 6.45) is -0.452. The average Bonchev–Trinajstić information content (AvgIpc) is 2.58. The first-order chi connectivity index (χ1) is 12.0. The summed E-state index contributed by atoms with van der Waals surface area (Å²) in [5.41, 5.74) is -1.10. The molecule has 0 saturated carbocycles. The van der Waals surface area contributed by atoms with E-state index < -0.39 is 51.9 Å². The third kappa shape index (κ3) is 6.11. The number of ether oxygens (including phenoxy) is 1. The number of hydrogen-bond donors (Lipinski definition) is 1. The molecule has 0 aliphatic carbocycles. The fourth-order valence-corrected chi connectivity index (χ4v) is 3.04. The Morgan fingerprint density at radius 2 is 1.88 bits per heavy atom. The molecule has 1 aromatic rings. The Bertz CT molecular complexity index is 799. The molecule has 0 fully saturated rings. The van der Waals surface area contributed by atoms with E-state index in [0.717, 1.165) is 24.3 Å². The van der Waals surface area contributed by atoms with Gasteiger partial charge in [-0.3, -0.25) is 9.59 Å². The maximum Gasteiger partial charge on any atom is 0.307 e. The van der Waals surface area contributed by atoms with Crippen LogP contribution in [-0.2, 0) is 24.2 Å². The van der Waals surface area contributed by atoms with E-state index in [1.807, 2.05) is 6.07 Å². The van der Waals surface area contributed by atoms with E-state index in [4.69, 9.17) is 10.00 Å². The summed E-state index contributed by atoms with van der Waals surface area (Å²) >= 11 is 0. The molecule has 0 saturated heterocycles. The van der Waals surface area contributed by atoms with E-state index in [1.54, 1.807) is 20.8 Å². The van der Waals surface area contributed by atoms with Crippen molar-refractivity contribution in [3.8, 4) is 6.07 Å². The smallest absolute Gasteiger partial charge is 0.307 e. The van der Waals surface area contributed by atoms with Crippen LogP contribution in [-0.4, -0.2) is 38.2 Å². The lowest BCUT2D eigenvalue weighted by molar-refractivity contribution is -0.148. The first kappa shape index (κ1) is 21.6. The van der Waals surface area contributed by atoms with Gasteiger partial charge in [-0.25, -0.2) is 12.8 Å². The second kappa shape index (κ2) is 8.76. The van der Waals surface area contributed by atoms with Crippen molar-refractivity contribution in [2.24, 2.45) is 5.92 Å². The molecule has 1 aromatic carbocycles. The zero-order valence-electron chi connectivity index (χ0n) is 14.8. The minimum Gasteiger partial charge on any atom is -0.456 e. The molecule has 26 heavy (non-hydrogen) atoms. The molecule has 0 radical (unpaired) electrons. The summed E-state index contributed by atoms with van der Waals surface area (Å²) < 4.78 is 41.7. The first-order valence-corrected chi connectivity index (χ1v) is 9.51. The van der Waals surface area contributed by atoms with Crippen molar-refractivity contribution in [1.29, 1.82) is 5.26 Å². The largest absolute Gasteiger partial charge is 0.456 e. The van der Waals surface area contributed by atoms with Crippen molar-refractivity contribution in [3.05, 3.63) is 30.1 Å². The van der Waals surface area contributed by atoms with Crippen LogP contribution in [0.25, 0.3) is 0 Å². The predicted molar refractivity (Wildman–Crippen MR) is 91.0 cm³/mol. The van der Waals surface area contributed by atoms with Gasteiger partial charge in [0.15, 0.2) is 16.4 Å². The number of nitrogens with one attached hydrogen (secondary N) is 1. The molecular formula is C17H21FN2O5S. The molecule has 1 N–H and O–H groups in total. The van der Waals surface area contributed by atoms with E-state index in [2.05, 4.69) is 5.32 Å².